The van der Waals surface area contributed by atoms with Gasteiger partial charge in [0.1, 0.15) is 0 Å². The SMILES string of the molecule is CCC(C)(CCBr)NC(=O)c1cc2c(s1)CCCC2. The number of alkyl halides is 1. The Morgan fingerprint density at radius 3 is 2.84 bits per heavy atom. The highest BCUT2D eigenvalue weighted by atomic mass is 79.9. The Bertz CT molecular complexity index is 433. The number of carbonyl (C=O) groups excluding carboxylic acids is 1. The van der Waals surface area contributed by atoms with Crippen LogP contribution in [0.5, 0.6) is 0 Å². The Kier molecular flexibility index (Phi) is 5.07. The van der Waals surface area contributed by atoms with Gasteiger partial charge in [-0.1, -0.05) is 22.9 Å². The Morgan fingerprint density at radius 2 is 2.21 bits per heavy atom. The normalized spacial score (nSPS) is 17.6. The van der Waals surface area contributed by atoms with Crippen molar-refractivity contribution in [2.45, 2.75) is 57.9 Å². The van der Waals surface area contributed by atoms with Crippen LogP contribution in [0, 0.1) is 0 Å². The van der Waals surface area contributed by atoms with E-state index < -0.39 is 0 Å². The lowest BCUT2D eigenvalue weighted by molar-refractivity contribution is 0.0906. The molecule has 0 aromatic carbocycles. The Hall–Kier alpha value is -0.350. The molecule has 2 rings (SSSR count). The van der Waals surface area contributed by atoms with E-state index in [1.165, 1.54) is 23.3 Å². The number of thiophene rings is 1. The van der Waals surface area contributed by atoms with Gasteiger partial charge in [0.25, 0.3) is 5.91 Å². The molecular formula is C15H22BrNOS. The molecule has 106 valence electrons. The van der Waals surface area contributed by atoms with Crippen molar-refractivity contribution in [1.29, 1.82) is 0 Å². The minimum atomic E-state index is -0.106. The van der Waals surface area contributed by atoms with E-state index in [9.17, 15) is 4.79 Å². The van der Waals surface area contributed by atoms with Crippen molar-refractivity contribution in [3.63, 3.8) is 0 Å². The summed E-state index contributed by atoms with van der Waals surface area (Å²) in [6, 6.07) is 2.11. The summed E-state index contributed by atoms with van der Waals surface area (Å²) < 4.78 is 0. The summed E-state index contributed by atoms with van der Waals surface area (Å²) in [5, 5.41) is 4.13. The molecule has 1 aromatic heterocycles. The molecule has 2 nitrogen and oxygen atoms in total. The number of halogens is 1. The predicted molar refractivity (Wildman–Crippen MR) is 85.5 cm³/mol. The predicted octanol–water partition coefficient (Wildman–Crippen LogP) is 4.31. The van der Waals surface area contributed by atoms with E-state index in [4.69, 9.17) is 0 Å². The van der Waals surface area contributed by atoms with E-state index in [-0.39, 0.29) is 11.4 Å². The summed E-state index contributed by atoms with van der Waals surface area (Å²) in [5.41, 5.74) is 1.30. The van der Waals surface area contributed by atoms with Crippen LogP contribution in [0.3, 0.4) is 0 Å². The topological polar surface area (TPSA) is 29.1 Å². The van der Waals surface area contributed by atoms with Gasteiger partial charge < -0.3 is 5.32 Å². The quantitative estimate of drug-likeness (QED) is 0.793. The number of rotatable bonds is 5. The third kappa shape index (κ3) is 3.60. The van der Waals surface area contributed by atoms with Crippen LogP contribution in [-0.2, 0) is 12.8 Å². The number of fused-ring (bicyclic) bond motifs is 1. The lowest BCUT2D eigenvalue weighted by Gasteiger charge is -2.28. The number of aryl methyl sites for hydroxylation is 2. The van der Waals surface area contributed by atoms with Crippen molar-refractivity contribution < 1.29 is 4.79 Å². The summed E-state index contributed by atoms with van der Waals surface area (Å²) in [5.74, 6) is 0.102. The maximum atomic E-state index is 12.4. The van der Waals surface area contributed by atoms with Gasteiger partial charge in [-0.3, -0.25) is 4.79 Å². The van der Waals surface area contributed by atoms with Crippen LogP contribution in [0.25, 0.3) is 0 Å². The smallest absolute Gasteiger partial charge is 0.261 e. The number of amides is 1. The average molecular weight is 344 g/mol. The molecule has 1 aromatic rings. The van der Waals surface area contributed by atoms with E-state index in [2.05, 4.69) is 41.2 Å². The molecule has 0 saturated carbocycles. The minimum Gasteiger partial charge on any atom is -0.346 e. The molecule has 1 atom stereocenters. The molecule has 1 heterocycles. The molecule has 1 unspecified atom stereocenters. The molecule has 0 spiro atoms. The molecule has 1 N–H and O–H groups in total. The zero-order chi connectivity index (χ0) is 13.9. The summed E-state index contributed by atoms with van der Waals surface area (Å²) in [4.78, 5) is 14.7. The second-order valence-electron chi connectivity index (χ2n) is 5.57. The van der Waals surface area contributed by atoms with Crippen LogP contribution in [0.1, 0.15) is 59.6 Å². The number of hydrogen-bond acceptors (Lipinski definition) is 2. The zero-order valence-electron chi connectivity index (χ0n) is 11.7. The fourth-order valence-corrected chi connectivity index (χ4v) is 4.50. The van der Waals surface area contributed by atoms with Crippen LogP contribution in [-0.4, -0.2) is 16.8 Å². The molecule has 4 heteroatoms. The Morgan fingerprint density at radius 1 is 1.47 bits per heavy atom. The molecule has 0 aliphatic heterocycles. The van der Waals surface area contributed by atoms with Crippen molar-refractivity contribution in [2.75, 3.05) is 5.33 Å². The van der Waals surface area contributed by atoms with E-state index in [1.54, 1.807) is 11.3 Å². The van der Waals surface area contributed by atoms with Gasteiger partial charge in [-0.2, -0.15) is 0 Å². The van der Waals surface area contributed by atoms with Gasteiger partial charge in [0.15, 0.2) is 0 Å². The van der Waals surface area contributed by atoms with Gasteiger partial charge in [-0.05, 0) is 57.1 Å². The lowest BCUT2D eigenvalue weighted by atomic mass is 9.95. The van der Waals surface area contributed by atoms with E-state index in [0.717, 1.165) is 35.9 Å². The molecule has 19 heavy (non-hydrogen) atoms. The van der Waals surface area contributed by atoms with Crippen LogP contribution in [0.15, 0.2) is 6.07 Å². The first-order valence-electron chi connectivity index (χ1n) is 7.08. The molecular weight excluding hydrogens is 322 g/mol. The monoisotopic (exact) mass is 343 g/mol. The van der Waals surface area contributed by atoms with Crippen molar-refractivity contribution in [1.82, 2.24) is 5.32 Å². The average Bonchev–Trinajstić information content (AvgIpc) is 2.83. The fourth-order valence-electron chi connectivity index (χ4n) is 2.47. The van der Waals surface area contributed by atoms with Crippen LogP contribution < -0.4 is 5.32 Å². The first-order chi connectivity index (χ1) is 9.08. The minimum absolute atomic E-state index is 0.102. The molecule has 0 bridgehead atoms. The molecule has 1 aliphatic carbocycles. The summed E-state index contributed by atoms with van der Waals surface area (Å²) in [7, 11) is 0. The van der Waals surface area contributed by atoms with Gasteiger partial charge in [0.05, 0.1) is 4.88 Å². The first-order valence-corrected chi connectivity index (χ1v) is 9.02. The number of carbonyl (C=O) groups is 1. The molecule has 0 fully saturated rings. The number of nitrogens with one attached hydrogen (secondary N) is 1. The van der Waals surface area contributed by atoms with Crippen molar-refractivity contribution in [2.24, 2.45) is 0 Å². The highest BCUT2D eigenvalue weighted by molar-refractivity contribution is 9.09. The lowest BCUT2D eigenvalue weighted by Crippen LogP contribution is -2.45. The summed E-state index contributed by atoms with van der Waals surface area (Å²) in [6.07, 6.45) is 6.74. The first kappa shape index (κ1) is 15.0. The molecule has 0 radical (unpaired) electrons. The maximum Gasteiger partial charge on any atom is 0.261 e. The van der Waals surface area contributed by atoms with E-state index in [1.807, 2.05) is 0 Å². The number of hydrogen-bond donors (Lipinski definition) is 1. The molecule has 1 amide bonds. The molecule has 0 saturated heterocycles. The second-order valence-corrected chi connectivity index (χ2v) is 7.50. The molecule has 1 aliphatic rings. The summed E-state index contributed by atoms with van der Waals surface area (Å²) in [6.45, 7) is 4.25. The second kappa shape index (κ2) is 6.40. The van der Waals surface area contributed by atoms with Crippen LogP contribution in [0.4, 0.5) is 0 Å². The third-order valence-electron chi connectivity index (χ3n) is 4.06. The maximum absolute atomic E-state index is 12.4. The third-order valence-corrected chi connectivity index (χ3v) is 5.69. The van der Waals surface area contributed by atoms with Gasteiger partial charge in [0.2, 0.25) is 0 Å². The fraction of sp³-hybridized carbons (Fsp3) is 0.667. The van der Waals surface area contributed by atoms with Crippen molar-refractivity contribution >= 4 is 33.2 Å². The largest absolute Gasteiger partial charge is 0.346 e. The Balaban J connectivity index is 2.09. The highest BCUT2D eigenvalue weighted by Crippen LogP contribution is 2.30. The van der Waals surface area contributed by atoms with Crippen LogP contribution in [0.2, 0.25) is 0 Å². The van der Waals surface area contributed by atoms with Gasteiger partial charge in [-0.15, -0.1) is 11.3 Å². The highest BCUT2D eigenvalue weighted by Gasteiger charge is 2.25. The van der Waals surface area contributed by atoms with E-state index in [0.29, 0.717) is 0 Å². The van der Waals surface area contributed by atoms with Crippen LogP contribution >= 0.6 is 27.3 Å². The summed E-state index contributed by atoms with van der Waals surface area (Å²) >= 11 is 5.16. The van der Waals surface area contributed by atoms with E-state index >= 15 is 0 Å². The Labute approximate surface area is 128 Å². The van der Waals surface area contributed by atoms with Gasteiger partial charge in [-0.25, -0.2) is 0 Å². The van der Waals surface area contributed by atoms with Crippen molar-refractivity contribution in [3.8, 4) is 0 Å². The van der Waals surface area contributed by atoms with Gasteiger partial charge in [0, 0.05) is 15.7 Å². The van der Waals surface area contributed by atoms with Crippen molar-refractivity contribution in [3.05, 3.63) is 21.4 Å². The zero-order valence-corrected chi connectivity index (χ0v) is 14.1. The van der Waals surface area contributed by atoms with Gasteiger partial charge >= 0.3 is 0 Å². The standard InChI is InChI=1S/C15H22BrNOS/c1-3-15(2,8-9-16)17-14(18)13-10-11-6-4-5-7-12(11)19-13/h10H,3-9H2,1-2H3,(H,17,18).